The first-order valence-electron chi connectivity index (χ1n) is 11.5. The van der Waals surface area contributed by atoms with Gasteiger partial charge in [0, 0.05) is 23.7 Å². The first-order valence-corrected chi connectivity index (χ1v) is 12.3. The quantitative estimate of drug-likeness (QED) is 0.443. The van der Waals surface area contributed by atoms with Crippen molar-refractivity contribution >= 4 is 35.1 Å². The number of carbonyl (C=O) groups excluding carboxylic acids is 2. The zero-order chi connectivity index (χ0) is 26.0. The van der Waals surface area contributed by atoms with Crippen LogP contribution in [0.5, 0.6) is 5.75 Å². The standard InChI is InChI=1S/C26H28Cl2N4O4/c1-26(2,3)36-25(34)17-13-14-31(15-17)30-24(33)21-23(35-4)22(16-9-11-18(27)12-10-16)32(29-21)20-8-6-5-7-19(20)28/h5-12,17H,13-15H2,1-4H3,(H,30,33). The molecule has 1 fully saturated rings. The van der Waals surface area contributed by atoms with Crippen molar-refractivity contribution in [1.82, 2.24) is 20.2 Å². The number of rotatable bonds is 6. The minimum atomic E-state index is -0.565. The van der Waals surface area contributed by atoms with Crippen molar-refractivity contribution in [1.29, 1.82) is 0 Å². The lowest BCUT2D eigenvalue weighted by atomic mass is 10.1. The van der Waals surface area contributed by atoms with Gasteiger partial charge in [-0.2, -0.15) is 5.10 Å². The van der Waals surface area contributed by atoms with E-state index in [1.54, 1.807) is 27.9 Å². The van der Waals surface area contributed by atoms with Crippen molar-refractivity contribution in [3.63, 3.8) is 0 Å². The fraction of sp³-hybridized carbons (Fsp3) is 0.346. The Morgan fingerprint density at radius 1 is 1.08 bits per heavy atom. The Balaban J connectivity index is 1.65. The second-order valence-corrected chi connectivity index (χ2v) is 10.4. The number of nitrogens with zero attached hydrogens (tertiary/aromatic N) is 3. The molecule has 190 valence electrons. The Labute approximate surface area is 220 Å². The summed E-state index contributed by atoms with van der Waals surface area (Å²) in [6.45, 7) is 6.35. The molecular formula is C26H28Cl2N4O4. The van der Waals surface area contributed by atoms with Crippen molar-refractivity contribution in [2.24, 2.45) is 5.92 Å². The van der Waals surface area contributed by atoms with Crippen molar-refractivity contribution in [2.45, 2.75) is 32.8 Å². The summed E-state index contributed by atoms with van der Waals surface area (Å²) in [4.78, 5) is 25.8. The van der Waals surface area contributed by atoms with E-state index in [1.807, 2.05) is 51.1 Å². The monoisotopic (exact) mass is 530 g/mol. The van der Waals surface area contributed by atoms with Crippen LogP contribution in [-0.2, 0) is 9.53 Å². The highest BCUT2D eigenvalue weighted by Crippen LogP contribution is 2.37. The number of para-hydroxylation sites is 1. The van der Waals surface area contributed by atoms with E-state index in [9.17, 15) is 9.59 Å². The van der Waals surface area contributed by atoms with Gasteiger partial charge in [-0.25, -0.2) is 9.69 Å². The summed E-state index contributed by atoms with van der Waals surface area (Å²) in [5.41, 5.74) is 4.27. The summed E-state index contributed by atoms with van der Waals surface area (Å²) in [6, 6.07) is 14.4. The molecule has 10 heteroatoms. The van der Waals surface area contributed by atoms with Gasteiger partial charge in [0.15, 0.2) is 11.4 Å². The van der Waals surface area contributed by atoms with Crippen LogP contribution in [0, 0.1) is 5.92 Å². The zero-order valence-electron chi connectivity index (χ0n) is 20.5. The SMILES string of the molecule is COc1c(C(=O)NN2CCC(C(=O)OC(C)(C)C)C2)nn(-c2ccccc2Cl)c1-c1ccc(Cl)cc1. The molecule has 2 heterocycles. The van der Waals surface area contributed by atoms with Gasteiger partial charge in [0.25, 0.3) is 5.91 Å². The lowest BCUT2D eigenvalue weighted by Gasteiger charge is -2.22. The summed E-state index contributed by atoms with van der Waals surface area (Å²) in [7, 11) is 1.48. The number of hydrogen-bond donors (Lipinski definition) is 1. The first-order chi connectivity index (χ1) is 17.1. The average Bonchev–Trinajstić information content (AvgIpc) is 3.44. The summed E-state index contributed by atoms with van der Waals surface area (Å²) in [5.74, 6) is -0.767. The maximum Gasteiger partial charge on any atom is 0.310 e. The van der Waals surface area contributed by atoms with E-state index >= 15 is 0 Å². The van der Waals surface area contributed by atoms with E-state index in [0.717, 1.165) is 5.56 Å². The summed E-state index contributed by atoms with van der Waals surface area (Å²) in [5, 5.41) is 7.34. The van der Waals surface area contributed by atoms with Crippen LogP contribution in [0.25, 0.3) is 16.9 Å². The number of halogens is 2. The number of nitrogens with one attached hydrogen (secondary N) is 1. The van der Waals surface area contributed by atoms with Gasteiger partial charge in [-0.3, -0.25) is 15.0 Å². The molecule has 36 heavy (non-hydrogen) atoms. The lowest BCUT2D eigenvalue weighted by Crippen LogP contribution is -2.41. The van der Waals surface area contributed by atoms with Gasteiger partial charge >= 0.3 is 5.97 Å². The molecule has 0 spiro atoms. The predicted molar refractivity (Wildman–Crippen MR) is 139 cm³/mol. The van der Waals surface area contributed by atoms with E-state index in [-0.39, 0.29) is 23.3 Å². The summed E-state index contributed by atoms with van der Waals surface area (Å²) < 4.78 is 12.8. The molecule has 1 aliphatic heterocycles. The minimum Gasteiger partial charge on any atom is -0.492 e. The maximum atomic E-state index is 13.4. The third-order valence-corrected chi connectivity index (χ3v) is 6.22. The highest BCUT2D eigenvalue weighted by Gasteiger charge is 2.34. The number of methoxy groups -OCH3 is 1. The number of aromatic nitrogens is 2. The molecule has 1 aliphatic rings. The molecule has 0 aliphatic carbocycles. The molecule has 4 rings (SSSR count). The molecule has 1 amide bonds. The average molecular weight is 531 g/mol. The Morgan fingerprint density at radius 2 is 1.78 bits per heavy atom. The Bertz CT molecular complexity index is 1270. The van der Waals surface area contributed by atoms with E-state index in [4.69, 9.17) is 32.7 Å². The number of hydrogen-bond acceptors (Lipinski definition) is 6. The number of esters is 1. The van der Waals surface area contributed by atoms with Gasteiger partial charge in [-0.05, 0) is 51.5 Å². The fourth-order valence-electron chi connectivity index (χ4n) is 4.04. The van der Waals surface area contributed by atoms with Crippen LogP contribution in [0.1, 0.15) is 37.7 Å². The van der Waals surface area contributed by atoms with Crippen molar-refractivity contribution in [3.05, 3.63) is 64.3 Å². The van der Waals surface area contributed by atoms with Crippen LogP contribution < -0.4 is 10.2 Å². The first kappa shape index (κ1) is 26.0. The molecule has 1 atom stereocenters. The number of benzene rings is 2. The molecule has 1 saturated heterocycles. The Hall–Kier alpha value is -3.07. The molecule has 1 aromatic heterocycles. The van der Waals surface area contributed by atoms with Crippen molar-refractivity contribution in [3.8, 4) is 22.7 Å². The maximum absolute atomic E-state index is 13.4. The number of hydrazine groups is 1. The molecule has 3 aromatic rings. The number of carbonyl (C=O) groups is 2. The van der Waals surface area contributed by atoms with Gasteiger partial charge in [0.05, 0.1) is 23.7 Å². The van der Waals surface area contributed by atoms with E-state index < -0.39 is 11.5 Å². The second kappa shape index (κ2) is 10.5. The normalized spacial score (nSPS) is 16.1. The molecule has 0 bridgehead atoms. The van der Waals surface area contributed by atoms with Gasteiger partial charge in [0.1, 0.15) is 11.3 Å². The summed E-state index contributed by atoms with van der Waals surface area (Å²) in [6.07, 6.45) is 0.580. The van der Waals surface area contributed by atoms with E-state index in [0.29, 0.717) is 40.9 Å². The van der Waals surface area contributed by atoms with Gasteiger partial charge in [-0.15, -0.1) is 0 Å². The topological polar surface area (TPSA) is 85.7 Å². The molecule has 1 unspecified atom stereocenters. The minimum absolute atomic E-state index is 0.0862. The zero-order valence-corrected chi connectivity index (χ0v) is 22.1. The molecule has 0 saturated carbocycles. The van der Waals surface area contributed by atoms with Crippen LogP contribution in [-0.4, -0.2) is 52.5 Å². The van der Waals surface area contributed by atoms with Crippen LogP contribution in [0.2, 0.25) is 10.0 Å². The molecule has 1 N–H and O–H groups in total. The molecule has 0 radical (unpaired) electrons. The highest BCUT2D eigenvalue weighted by atomic mass is 35.5. The third kappa shape index (κ3) is 5.67. The summed E-state index contributed by atoms with van der Waals surface area (Å²) >= 11 is 12.6. The van der Waals surface area contributed by atoms with Crippen LogP contribution in [0.3, 0.4) is 0 Å². The van der Waals surface area contributed by atoms with Crippen LogP contribution in [0.15, 0.2) is 48.5 Å². The van der Waals surface area contributed by atoms with Crippen molar-refractivity contribution < 1.29 is 19.1 Å². The van der Waals surface area contributed by atoms with E-state index in [1.165, 1.54) is 7.11 Å². The van der Waals surface area contributed by atoms with Crippen molar-refractivity contribution in [2.75, 3.05) is 20.2 Å². The molecule has 2 aromatic carbocycles. The van der Waals surface area contributed by atoms with Gasteiger partial charge < -0.3 is 9.47 Å². The van der Waals surface area contributed by atoms with Crippen LogP contribution >= 0.6 is 23.2 Å². The van der Waals surface area contributed by atoms with Gasteiger partial charge in [0.2, 0.25) is 0 Å². The second-order valence-electron chi connectivity index (χ2n) is 9.51. The van der Waals surface area contributed by atoms with Gasteiger partial charge in [-0.1, -0.05) is 47.5 Å². The van der Waals surface area contributed by atoms with Crippen LogP contribution in [0.4, 0.5) is 0 Å². The number of ether oxygens (including phenoxy) is 2. The molecule has 8 nitrogen and oxygen atoms in total. The predicted octanol–water partition coefficient (Wildman–Crippen LogP) is 5.16. The Morgan fingerprint density at radius 3 is 2.42 bits per heavy atom. The fourth-order valence-corrected chi connectivity index (χ4v) is 4.38. The van der Waals surface area contributed by atoms with E-state index in [2.05, 4.69) is 10.5 Å². The molecular weight excluding hydrogens is 503 g/mol. The largest absolute Gasteiger partial charge is 0.492 e. The third-order valence-electron chi connectivity index (χ3n) is 5.65. The smallest absolute Gasteiger partial charge is 0.310 e. The number of amides is 1. The lowest BCUT2D eigenvalue weighted by molar-refractivity contribution is -0.159. The Kier molecular flexibility index (Phi) is 7.59. The highest BCUT2D eigenvalue weighted by molar-refractivity contribution is 6.32.